The summed E-state index contributed by atoms with van der Waals surface area (Å²) in [6.07, 6.45) is 8.42. The molecule has 0 spiro atoms. The van der Waals surface area contributed by atoms with Crippen molar-refractivity contribution in [3.63, 3.8) is 0 Å². The van der Waals surface area contributed by atoms with Crippen LogP contribution in [0.1, 0.15) is 36.9 Å². The predicted molar refractivity (Wildman–Crippen MR) is 119 cm³/mol. The first kappa shape index (κ1) is 19.0. The zero-order valence-corrected chi connectivity index (χ0v) is 17.4. The Morgan fingerprint density at radius 1 is 1.03 bits per heavy atom. The van der Waals surface area contributed by atoms with E-state index in [0.29, 0.717) is 17.9 Å². The number of hydrogen-bond donors (Lipinski definition) is 1. The molecule has 0 radical (unpaired) electrons. The molecule has 0 amide bonds. The third-order valence-corrected chi connectivity index (χ3v) is 6.50. The first-order chi connectivity index (χ1) is 14.6. The highest BCUT2D eigenvalue weighted by Gasteiger charge is 2.38. The summed E-state index contributed by atoms with van der Waals surface area (Å²) < 4.78 is 2.12. The van der Waals surface area contributed by atoms with Gasteiger partial charge in [0, 0.05) is 35.0 Å². The van der Waals surface area contributed by atoms with Gasteiger partial charge in [0.25, 0.3) is 0 Å². The van der Waals surface area contributed by atoms with Gasteiger partial charge in [-0.1, -0.05) is 61.0 Å². The number of rotatable bonds is 5. The molecule has 0 saturated carbocycles. The Labute approximate surface area is 180 Å². The molecule has 0 aliphatic carbocycles. The van der Waals surface area contributed by atoms with Crippen molar-refractivity contribution in [1.82, 2.24) is 14.5 Å². The summed E-state index contributed by atoms with van der Waals surface area (Å²) in [5, 5.41) is 12.3. The maximum absolute atomic E-state index is 11.7. The molecule has 2 unspecified atom stereocenters. The van der Waals surface area contributed by atoms with Crippen LogP contribution in [0.2, 0.25) is 5.02 Å². The van der Waals surface area contributed by atoms with Crippen molar-refractivity contribution >= 4 is 11.6 Å². The third kappa shape index (κ3) is 3.04. The van der Waals surface area contributed by atoms with Gasteiger partial charge in [0.1, 0.15) is 0 Å². The Balaban J connectivity index is 1.53. The highest BCUT2D eigenvalue weighted by Crippen LogP contribution is 2.46. The first-order valence-electron chi connectivity index (χ1n) is 10.1. The van der Waals surface area contributed by atoms with Crippen molar-refractivity contribution in [1.29, 1.82) is 0 Å². The molecule has 0 fully saturated rings. The van der Waals surface area contributed by atoms with Crippen molar-refractivity contribution in [2.75, 3.05) is 0 Å². The topological polar surface area (TPSA) is 50.9 Å². The second-order valence-electron chi connectivity index (χ2n) is 7.81. The van der Waals surface area contributed by atoms with E-state index in [0.717, 1.165) is 33.5 Å². The minimum atomic E-state index is -1.07. The van der Waals surface area contributed by atoms with Crippen LogP contribution >= 0.6 is 11.6 Å². The van der Waals surface area contributed by atoms with Gasteiger partial charge in [0.15, 0.2) is 0 Å². The molecule has 150 valence electrons. The minimum absolute atomic E-state index is 0.0182. The number of halogens is 1. The average molecular weight is 416 g/mol. The molecule has 3 heterocycles. The van der Waals surface area contributed by atoms with Crippen molar-refractivity contribution in [3.8, 4) is 22.4 Å². The van der Waals surface area contributed by atoms with Gasteiger partial charge in [-0.3, -0.25) is 4.98 Å². The number of benzene rings is 2. The summed E-state index contributed by atoms with van der Waals surface area (Å²) in [6.45, 7) is 2.00. The van der Waals surface area contributed by atoms with Crippen LogP contribution in [0.5, 0.6) is 0 Å². The molecule has 2 aromatic heterocycles. The van der Waals surface area contributed by atoms with Crippen molar-refractivity contribution in [3.05, 3.63) is 95.7 Å². The summed E-state index contributed by atoms with van der Waals surface area (Å²) in [5.41, 5.74) is 5.10. The molecule has 5 rings (SSSR count). The Bertz CT molecular complexity index is 1200. The number of fused-ring (bicyclic) bond motifs is 3. The molecular formula is C25H22ClN3O. The number of aromatic nitrogens is 3. The average Bonchev–Trinajstić information content (AvgIpc) is 3.37. The Morgan fingerprint density at radius 3 is 2.63 bits per heavy atom. The molecule has 0 bridgehead atoms. The SMILES string of the molecule is CCC(O)(CC1c2ccncc2-c2cncn21)c1ccc(-c2ccccc2)cc1Cl. The van der Waals surface area contributed by atoms with E-state index in [1.807, 2.05) is 68.1 Å². The van der Waals surface area contributed by atoms with E-state index < -0.39 is 5.60 Å². The highest BCUT2D eigenvalue weighted by molar-refractivity contribution is 6.31. The molecule has 4 aromatic rings. The lowest BCUT2D eigenvalue weighted by Crippen LogP contribution is -2.29. The van der Waals surface area contributed by atoms with E-state index in [4.69, 9.17) is 11.6 Å². The number of hydrogen-bond acceptors (Lipinski definition) is 3. The van der Waals surface area contributed by atoms with Gasteiger partial charge in [-0.2, -0.15) is 0 Å². The molecule has 1 aliphatic heterocycles. The fourth-order valence-electron chi connectivity index (χ4n) is 4.50. The molecule has 2 aromatic carbocycles. The lowest BCUT2D eigenvalue weighted by Gasteiger charge is -2.32. The van der Waals surface area contributed by atoms with E-state index >= 15 is 0 Å². The van der Waals surface area contributed by atoms with Gasteiger partial charge >= 0.3 is 0 Å². The Morgan fingerprint density at radius 2 is 1.87 bits per heavy atom. The fraction of sp³-hybridized carbons (Fsp3) is 0.200. The highest BCUT2D eigenvalue weighted by atomic mass is 35.5. The van der Waals surface area contributed by atoms with E-state index in [1.54, 1.807) is 6.20 Å². The van der Waals surface area contributed by atoms with Gasteiger partial charge in [-0.05, 0) is 35.2 Å². The molecule has 30 heavy (non-hydrogen) atoms. The molecule has 1 N–H and O–H groups in total. The fourth-order valence-corrected chi connectivity index (χ4v) is 4.85. The minimum Gasteiger partial charge on any atom is -0.385 e. The largest absolute Gasteiger partial charge is 0.385 e. The van der Waals surface area contributed by atoms with Gasteiger partial charge in [-0.25, -0.2) is 4.98 Å². The van der Waals surface area contributed by atoms with Gasteiger partial charge in [0.2, 0.25) is 0 Å². The lowest BCUT2D eigenvalue weighted by atomic mass is 9.82. The van der Waals surface area contributed by atoms with E-state index in [-0.39, 0.29) is 6.04 Å². The van der Waals surface area contributed by atoms with Crippen molar-refractivity contribution < 1.29 is 5.11 Å². The van der Waals surface area contributed by atoms with Crippen molar-refractivity contribution in [2.24, 2.45) is 0 Å². The third-order valence-electron chi connectivity index (χ3n) is 6.19. The van der Waals surface area contributed by atoms with Crippen LogP contribution in [-0.4, -0.2) is 19.6 Å². The zero-order valence-electron chi connectivity index (χ0n) is 16.7. The number of nitrogens with zero attached hydrogens (tertiary/aromatic N) is 3. The predicted octanol–water partition coefficient (Wildman–Crippen LogP) is 5.86. The smallest absolute Gasteiger partial charge is 0.0956 e. The number of imidazole rings is 1. The van der Waals surface area contributed by atoms with Crippen LogP contribution in [0, 0.1) is 0 Å². The summed E-state index contributed by atoms with van der Waals surface area (Å²) in [5.74, 6) is 0. The second kappa shape index (κ2) is 7.38. The lowest BCUT2D eigenvalue weighted by molar-refractivity contribution is 0.0140. The van der Waals surface area contributed by atoms with Crippen LogP contribution in [0.3, 0.4) is 0 Å². The van der Waals surface area contributed by atoms with Crippen LogP contribution in [-0.2, 0) is 5.60 Å². The molecule has 5 heteroatoms. The maximum atomic E-state index is 11.7. The summed E-state index contributed by atoms with van der Waals surface area (Å²) in [6, 6.07) is 18.1. The summed E-state index contributed by atoms with van der Waals surface area (Å²) in [7, 11) is 0. The quantitative estimate of drug-likeness (QED) is 0.444. The zero-order chi connectivity index (χ0) is 20.7. The molecule has 4 nitrogen and oxygen atoms in total. The molecular weight excluding hydrogens is 394 g/mol. The second-order valence-corrected chi connectivity index (χ2v) is 8.22. The van der Waals surface area contributed by atoms with E-state index in [1.165, 1.54) is 0 Å². The normalized spacial score (nSPS) is 16.7. The Kier molecular flexibility index (Phi) is 4.69. The first-order valence-corrected chi connectivity index (χ1v) is 10.5. The maximum Gasteiger partial charge on any atom is 0.0956 e. The number of aliphatic hydroxyl groups is 1. The van der Waals surface area contributed by atoms with E-state index in [9.17, 15) is 5.11 Å². The van der Waals surface area contributed by atoms with Crippen LogP contribution in [0.15, 0.2) is 79.5 Å². The van der Waals surface area contributed by atoms with Crippen molar-refractivity contribution in [2.45, 2.75) is 31.4 Å². The van der Waals surface area contributed by atoms with Gasteiger partial charge in [0.05, 0.1) is 29.9 Å². The standard InChI is InChI=1S/C25H22ClN3O/c1-2-25(30,21-9-8-18(12-22(21)26)17-6-4-3-5-7-17)13-23-19-10-11-27-14-20(19)24-15-28-16-29(23)24/h3-12,14-16,23,30H,2,13H2,1H3. The number of pyridine rings is 1. The Hall–Kier alpha value is -2.95. The summed E-state index contributed by atoms with van der Waals surface area (Å²) in [4.78, 5) is 8.58. The molecule has 0 saturated heterocycles. The monoisotopic (exact) mass is 415 g/mol. The molecule has 2 atom stereocenters. The molecule has 1 aliphatic rings. The van der Waals surface area contributed by atoms with Crippen LogP contribution in [0.25, 0.3) is 22.4 Å². The van der Waals surface area contributed by atoms with Crippen LogP contribution < -0.4 is 0 Å². The van der Waals surface area contributed by atoms with Gasteiger partial charge in [-0.15, -0.1) is 0 Å². The summed E-state index contributed by atoms with van der Waals surface area (Å²) >= 11 is 6.72. The van der Waals surface area contributed by atoms with Gasteiger partial charge < -0.3 is 9.67 Å². The van der Waals surface area contributed by atoms with Crippen LogP contribution in [0.4, 0.5) is 0 Å². The van der Waals surface area contributed by atoms with E-state index in [2.05, 4.69) is 26.7 Å².